The van der Waals surface area contributed by atoms with Crippen LogP contribution in [-0.4, -0.2) is 31.2 Å². The van der Waals surface area contributed by atoms with E-state index in [0.29, 0.717) is 18.0 Å². The second-order valence-electron chi connectivity index (χ2n) is 5.86. The summed E-state index contributed by atoms with van der Waals surface area (Å²) in [4.78, 5) is 23.8. The summed E-state index contributed by atoms with van der Waals surface area (Å²) in [5, 5.41) is 6.61. The van der Waals surface area contributed by atoms with Crippen LogP contribution >= 0.6 is 0 Å². The van der Waals surface area contributed by atoms with Crippen LogP contribution in [0.3, 0.4) is 0 Å². The molecule has 150 valence electrons. The zero-order chi connectivity index (χ0) is 20.9. The van der Waals surface area contributed by atoms with Gasteiger partial charge in [-0.2, -0.15) is 5.10 Å². The first-order valence-corrected chi connectivity index (χ1v) is 9.11. The topological polar surface area (TPSA) is 89.0 Å². The lowest BCUT2D eigenvalue weighted by molar-refractivity contribution is -0.124. The average molecular weight is 393 g/mol. The van der Waals surface area contributed by atoms with Crippen LogP contribution < -0.4 is 20.2 Å². The normalized spacial score (nSPS) is 10.2. The number of carbonyl (C=O) groups is 2. The van der Waals surface area contributed by atoms with Crippen LogP contribution in [0.5, 0.6) is 11.5 Å². The fourth-order valence-corrected chi connectivity index (χ4v) is 2.26. The molecule has 2 N–H and O–H groups in total. The highest BCUT2D eigenvalue weighted by Crippen LogP contribution is 2.16. The van der Waals surface area contributed by atoms with Gasteiger partial charge >= 0.3 is 0 Å². The van der Waals surface area contributed by atoms with Crippen molar-refractivity contribution < 1.29 is 19.1 Å². The van der Waals surface area contributed by atoms with Crippen LogP contribution in [0.15, 0.2) is 53.6 Å². The molecule has 29 heavy (non-hydrogen) atoms. The molecule has 2 aromatic rings. The van der Waals surface area contributed by atoms with E-state index in [2.05, 4.69) is 21.8 Å². The van der Waals surface area contributed by atoms with Crippen molar-refractivity contribution in [1.82, 2.24) is 5.43 Å². The Morgan fingerprint density at radius 3 is 2.28 bits per heavy atom. The van der Waals surface area contributed by atoms with E-state index < -0.39 is 0 Å². The summed E-state index contributed by atoms with van der Waals surface area (Å²) in [5.41, 5.74) is 3.83. The lowest BCUT2D eigenvalue weighted by Crippen LogP contribution is -2.20. The van der Waals surface area contributed by atoms with Gasteiger partial charge in [0.1, 0.15) is 18.1 Å². The van der Waals surface area contributed by atoms with Gasteiger partial charge in [-0.1, -0.05) is 5.92 Å². The zero-order valence-corrected chi connectivity index (χ0v) is 16.2. The smallest absolute Gasteiger partial charge is 0.240 e. The molecule has 0 fully saturated rings. The minimum Gasteiger partial charge on any atom is -0.494 e. The van der Waals surface area contributed by atoms with Gasteiger partial charge in [0.2, 0.25) is 11.8 Å². The predicted octanol–water partition coefficient (Wildman–Crippen LogP) is 2.97. The van der Waals surface area contributed by atoms with E-state index in [9.17, 15) is 9.59 Å². The Kier molecular flexibility index (Phi) is 8.77. The molecule has 2 amide bonds. The van der Waals surface area contributed by atoms with Gasteiger partial charge in [0.25, 0.3) is 0 Å². The Balaban J connectivity index is 1.70. The number of hydrazone groups is 1. The van der Waals surface area contributed by atoms with Gasteiger partial charge < -0.3 is 14.8 Å². The molecule has 0 saturated carbocycles. The maximum absolute atomic E-state index is 11.9. The number of hydrogen-bond donors (Lipinski definition) is 2. The van der Waals surface area contributed by atoms with Crippen LogP contribution in [-0.2, 0) is 9.59 Å². The molecule has 0 atom stereocenters. The number of nitrogens with one attached hydrogen (secondary N) is 2. The third kappa shape index (κ3) is 8.18. The molecule has 0 unspecified atom stereocenters. The highest BCUT2D eigenvalue weighted by molar-refractivity contribution is 5.93. The van der Waals surface area contributed by atoms with E-state index in [1.165, 1.54) is 6.21 Å². The quantitative estimate of drug-likeness (QED) is 0.369. The van der Waals surface area contributed by atoms with Crippen LogP contribution in [0.4, 0.5) is 5.69 Å². The summed E-state index contributed by atoms with van der Waals surface area (Å²) in [6, 6.07) is 14.1. The van der Waals surface area contributed by atoms with Gasteiger partial charge in [0.15, 0.2) is 0 Å². The molecule has 7 nitrogen and oxygen atoms in total. The Labute approximate surface area is 170 Å². The van der Waals surface area contributed by atoms with Gasteiger partial charge in [-0.05, 0) is 61.0 Å². The van der Waals surface area contributed by atoms with Crippen molar-refractivity contribution >= 4 is 23.7 Å². The van der Waals surface area contributed by atoms with Crippen molar-refractivity contribution in [2.45, 2.75) is 19.8 Å². The van der Waals surface area contributed by atoms with Crippen LogP contribution in [0.2, 0.25) is 0 Å². The number of hydrogen-bond acceptors (Lipinski definition) is 5. The third-order valence-electron chi connectivity index (χ3n) is 3.63. The fourth-order valence-electron chi connectivity index (χ4n) is 2.26. The van der Waals surface area contributed by atoms with Gasteiger partial charge in [-0.15, -0.1) is 6.42 Å². The van der Waals surface area contributed by atoms with Gasteiger partial charge in [0.05, 0.1) is 12.8 Å². The highest BCUT2D eigenvalue weighted by Gasteiger charge is 2.07. The molecule has 0 bridgehead atoms. The summed E-state index contributed by atoms with van der Waals surface area (Å²) in [5.74, 6) is 3.17. The van der Waals surface area contributed by atoms with Gasteiger partial charge in [0, 0.05) is 18.5 Å². The number of carbonyl (C=O) groups excluding carboxylic acids is 2. The summed E-state index contributed by atoms with van der Waals surface area (Å²) in [6.07, 6.45) is 6.71. The van der Waals surface area contributed by atoms with Crippen molar-refractivity contribution in [3.8, 4) is 23.8 Å². The molecular weight excluding hydrogens is 370 g/mol. The summed E-state index contributed by atoms with van der Waals surface area (Å²) in [6.45, 7) is 2.68. The van der Waals surface area contributed by atoms with Crippen molar-refractivity contribution in [3.63, 3.8) is 0 Å². The number of terminal acetylenes is 1. The minimum atomic E-state index is -0.350. The van der Waals surface area contributed by atoms with Gasteiger partial charge in [-0.25, -0.2) is 5.43 Å². The van der Waals surface area contributed by atoms with Crippen molar-refractivity contribution in [2.75, 3.05) is 18.5 Å². The van der Waals surface area contributed by atoms with E-state index >= 15 is 0 Å². The van der Waals surface area contributed by atoms with E-state index in [1.54, 1.807) is 48.5 Å². The van der Waals surface area contributed by atoms with Crippen LogP contribution in [0.25, 0.3) is 0 Å². The maximum atomic E-state index is 11.9. The number of nitrogens with zero attached hydrogens (tertiary/aromatic N) is 1. The van der Waals surface area contributed by atoms with E-state index in [0.717, 1.165) is 11.3 Å². The SMILES string of the molecule is C#CCOc1ccc(C=NNC(=O)CCC(=O)Nc2ccc(OCC)cc2)cc1. The molecule has 2 aromatic carbocycles. The largest absolute Gasteiger partial charge is 0.494 e. The molecular formula is C22H23N3O4. The van der Waals surface area contributed by atoms with Crippen LogP contribution in [0, 0.1) is 12.3 Å². The average Bonchev–Trinajstić information content (AvgIpc) is 2.73. The Bertz CT molecular complexity index is 868. The van der Waals surface area contributed by atoms with Crippen molar-refractivity contribution in [3.05, 3.63) is 54.1 Å². The fraction of sp³-hybridized carbons (Fsp3) is 0.227. The second-order valence-corrected chi connectivity index (χ2v) is 5.86. The van der Waals surface area contributed by atoms with Gasteiger partial charge in [-0.3, -0.25) is 9.59 Å². The van der Waals surface area contributed by atoms with E-state index in [1.807, 2.05) is 6.92 Å². The Morgan fingerprint density at radius 2 is 1.62 bits per heavy atom. The van der Waals surface area contributed by atoms with Crippen molar-refractivity contribution in [1.29, 1.82) is 0 Å². The molecule has 0 heterocycles. The Morgan fingerprint density at radius 1 is 1.00 bits per heavy atom. The third-order valence-corrected chi connectivity index (χ3v) is 3.63. The van der Waals surface area contributed by atoms with E-state index in [4.69, 9.17) is 15.9 Å². The van der Waals surface area contributed by atoms with Crippen LogP contribution in [0.1, 0.15) is 25.3 Å². The number of benzene rings is 2. The lowest BCUT2D eigenvalue weighted by atomic mass is 10.2. The number of amides is 2. The molecule has 7 heteroatoms. The van der Waals surface area contributed by atoms with E-state index in [-0.39, 0.29) is 31.3 Å². The molecule has 0 radical (unpaired) electrons. The summed E-state index contributed by atoms with van der Waals surface area (Å²) >= 11 is 0. The standard InChI is InChI=1S/C22H23N3O4/c1-3-15-29-20-9-5-17(6-10-20)16-23-25-22(27)14-13-21(26)24-18-7-11-19(12-8-18)28-4-2/h1,5-12,16H,4,13-15H2,2H3,(H,24,26)(H,25,27). The molecule has 0 aliphatic carbocycles. The molecule has 0 saturated heterocycles. The number of ether oxygens (including phenoxy) is 2. The minimum absolute atomic E-state index is 0.0269. The lowest BCUT2D eigenvalue weighted by Gasteiger charge is -2.07. The van der Waals surface area contributed by atoms with Crippen molar-refractivity contribution in [2.24, 2.45) is 5.10 Å². The highest BCUT2D eigenvalue weighted by atomic mass is 16.5. The first kappa shape index (κ1) is 21.5. The monoisotopic (exact) mass is 393 g/mol. The molecule has 0 aliphatic heterocycles. The summed E-state index contributed by atoms with van der Waals surface area (Å²) < 4.78 is 10.6. The number of rotatable bonds is 10. The molecule has 2 rings (SSSR count). The zero-order valence-electron chi connectivity index (χ0n) is 16.2. The predicted molar refractivity (Wildman–Crippen MR) is 112 cm³/mol. The maximum Gasteiger partial charge on any atom is 0.240 e. The first-order chi connectivity index (χ1) is 14.1. The first-order valence-electron chi connectivity index (χ1n) is 9.11. The molecule has 0 aromatic heterocycles. The summed E-state index contributed by atoms with van der Waals surface area (Å²) in [7, 11) is 0. The molecule has 0 aliphatic rings. The molecule has 0 spiro atoms. The second kappa shape index (κ2) is 11.8. The Hall–Kier alpha value is -3.79. The number of anilines is 1.